The van der Waals surface area contributed by atoms with Gasteiger partial charge in [0, 0.05) is 12.5 Å². The molecule has 0 bridgehead atoms. The SMILES string of the molecule is C[Si](C)(C)n1nnnc1Cc1cccc(COc2ccc3c(=O)c(-c4ccc(O)cc4)coc3c2)c1. The topological polar surface area (TPSA) is 103 Å². The van der Waals surface area contributed by atoms with Crippen LogP contribution in [0, 0.1) is 0 Å². The lowest BCUT2D eigenvalue weighted by Crippen LogP contribution is -2.35. The van der Waals surface area contributed by atoms with Crippen molar-refractivity contribution in [3.8, 4) is 22.6 Å². The first-order valence-corrected chi connectivity index (χ1v) is 15.1. The minimum atomic E-state index is -1.69. The van der Waals surface area contributed by atoms with E-state index in [0.717, 1.165) is 17.0 Å². The van der Waals surface area contributed by atoms with Crippen molar-refractivity contribution in [2.45, 2.75) is 32.7 Å². The first kappa shape index (κ1) is 23.5. The van der Waals surface area contributed by atoms with E-state index in [-0.39, 0.29) is 11.2 Å². The number of hydrogen-bond donors (Lipinski definition) is 1. The molecule has 0 radical (unpaired) electrons. The van der Waals surface area contributed by atoms with Gasteiger partial charge in [-0.25, -0.2) is 0 Å². The zero-order valence-electron chi connectivity index (χ0n) is 20.3. The van der Waals surface area contributed by atoms with Crippen LogP contribution in [0.15, 0.2) is 82.2 Å². The fourth-order valence-electron chi connectivity index (χ4n) is 4.05. The van der Waals surface area contributed by atoms with Gasteiger partial charge in [0.15, 0.2) is 13.7 Å². The Labute approximate surface area is 208 Å². The summed E-state index contributed by atoms with van der Waals surface area (Å²) in [6.07, 6.45) is 2.09. The van der Waals surface area contributed by atoms with Gasteiger partial charge < -0.3 is 14.3 Å². The molecule has 182 valence electrons. The predicted octanol–water partition coefficient (Wildman–Crippen LogP) is 5.00. The Morgan fingerprint density at radius 1 is 1.00 bits per heavy atom. The van der Waals surface area contributed by atoms with Gasteiger partial charge in [-0.2, -0.15) is 0 Å². The van der Waals surface area contributed by atoms with Crippen LogP contribution in [0.3, 0.4) is 0 Å². The monoisotopic (exact) mass is 498 g/mol. The first-order valence-electron chi connectivity index (χ1n) is 11.6. The van der Waals surface area contributed by atoms with Crippen molar-refractivity contribution in [3.63, 3.8) is 0 Å². The van der Waals surface area contributed by atoms with E-state index in [1.807, 2.05) is 16.5 Å². The van der Waals surface area contributed by atoms with Crippen molar-refractivity contribution in [2.75, 3.05) is 0 Å². The fourth-order valence-corrected chi connectivity index (χ4v) is 5.26. The van der Waals surface area contributed by atoms with Crippen molar-refractivity contribution in [1.29, 1.82) is 0 Å². The fraction of sp³-hybridized carbons (Fsp3) is 0.185. The second-order valence-corrected chi connectivity index (χ2v) is 14.4. The number of aromatic nitrogens is 4. The molecule has 1 N–H and O–H groups in total. The third-order valence-corrected chi connectivity index (χ3v) is 7.47. The minimum Gasteiger partial charge on any atom is -0.508 e. The predicted molar refractivity (Wildman–Crippen MR) is 140 cm³/mol. The van der Waals surface area contributed by atoms with Crippen molar-refractivity contribution in [2.24, 2.45) is 0 Å². The largest absolute Gasteiger partial charge is 0.508 e. The van der Waals surface area contributed by atoms with Crippen LogP contribution < -0.4 is 10.2 Å². The summed E-state index contributed by atoms with van der Waals surface area (Å²) in [6, 6.07) is 19.8. The summed E-state index contributed by atoms with van der Waals surface area (Å²) in [5.41, 5.74) is 3.56. The number of ether oxygens (including phenoxy) is 1. The Morgan fingerprint density at radius 3 is 2.56 bits per heavy atom. The van der Waals surface area contributed by atoms with Crippen LogP contribution >= 0.6 is 0 Å². The summed E-state index contributed by atoms with van der Waals surface area (Å²) < 4.78 is 13.7. The maximum Gasteiger partial charge on any atom is 0.200 e. The third-order valence-electron chi connectivity index (χ3n) is 5.85. The summed E-state index contributed by atoms with van der Waals surface area (Å²) >= 11 is 0. The molecule has 5 aromatic rings. The molecular formula is C27H26N4O4Si. The molecule has 0 aliphatic carbocycles. The highest BCUT2D eigenvalue weighted by Gasteiger charge is 2.22. The number of rotatable bonds is 7. The molecule has 5 rings (SSSR count). The molecule has 3 aromatic carbocycles. The van der Waals surface area contributed by atoms with E-state index >= 15 is 0 Å². The molecule has 0 saturated carbocycles. The van der Waals surface area contributed by atoms with Gasteiger partial charge in [-0.05, 0) is 65.8 Å². The van der Waals surface area contributed by atoms with E-state index in [2.05, 4.69) is 47.3 Å². The Hall–Kier alpha value is -4.24. The van der Waals surface area contributed by atoms with Crippen LogP contribution in [0.1, 0.15) is 17.0 Å². The number of nitrogens with zero attached hydrogens (tertiary/aromatic N) is 4. The molecular weight excluding hydrogens is 472 g/mol. The Bertz CT molecular complexity index is 1590. The van der Waals surface area contributed by atoms with Gasteiger partial charge in [-0.15, -0.1) is 5.10 Å². The molecule has 2 aromatic heterocycles. The summed E-state index contributed by atoms with van der Waals surface area (Å²) in [4.78, 5) is 13.0. The molecule has 0 spiro atoms. The second kappa shape index (κ2) is 9.42. The molecule has 0 aliphatic heterocycles. The first-order chi connectivity index (χ1) is 17.3. The van der Waals surface area contributed by atoms with Gasteiger partial charge >= 0.3 is 0 Å². The van der Waals surface area contributed by atoms with Crippen molar-refractivity contribution in [1.82, 2.24) is 19.9 Å². The summed E-state index contributed by atoms with van der Waals surface area (Å²) in [5, 5.41) is 22.3. The summed E-state index contributed by atoms with van der Waals surface area (Å²) in [7, 11) is -1.69. The number of hydrogen-bond acceptors (Lipinski definition) is 7. The normalized spacial score (nSPS) is 11.6. The van der Waals surface area contributed by atoms with Crippen LogP contribution in [0.4, 0.5) is 0 Å². The molecule has 36 heavy (non-hydrogen) atoms. The van der Waals surface area contributed by atoms with Crippen LogP contribution in [-0.2, 0) is 13.0 Å². The van der Waals surface area contributed by atoms with Crippen molar-refractivity contribution < 1.29 is 14.3 Å². The van der Waals surface area contributed by atoms with Gasteiger partial charge in [0.1, 0.15) is 35.8 Å². The van der Waals surface area contributed by atoms with E-state index in [9.17, 15) is 9.90 Å². The second-order valence-electron chi connectivity index (χ2n) is 9.65. The highest BCUT2D eigenvalue weighted by Crippen LogP contribution is 2.25. The maximum absolute atomic E-state index is 13.0. The lowest BCUT2D eigenvalue weighted by molar-refractivity contribution is 0.306. The number of benzene rings is 3. The van der Waals surface area contributed by atoms with E-state index in [0.29, 0.717) is 40.9 Å². The van der Waals surface area contributed by atoms with E-state index in [1.165, 1.54) is 6.26 Å². The van der Waals surface area contributed by atoms with Crippen LogP contribution in [0.25, 0.3) is 22.1 Å². The molecule has 0 amide bonds. The van der Waals surface area contributed by atoms with E-state index < -0.39 is 8.24 Å². The van der Waals surface area contributed by atoms with E-state index in [1.54, 1.807) is 42.5 Å². The van der Waals surface area contributed by atoms with Crippen LogP contribution in [0.2, 0.25) is 19.6 Å². The van der Waals surface area contributed by atoms with Gasteiger partial charge in [0.25, 0.3) is 0 Å². The zero-order chi connectivity index (χ0) is 25.3. The standard InChI is InChI=1S/C27H26N4O4Si/c1-36(2,3)31-26(28-29-30-31)14-18-5-4-6-19(13-18)16-34-22-11-12-23-25(15-22)35-17-24(27(23)33)20-7-9-21(32)10-8-20/h4-13,15,17,32H,14,16H2,1-3H3. The summed E-state index contributed by atoms with van der Waals surface area (Å²) in [6.45, 7) is 6.99. The molecule has 0 unspecified atom stereocenters. The molecule has 0 fully saturated rings. The van der Waals surface area contributed by atoms with Crippen molar-refractivity contribution in [3.05, 3.63) is 100 Å². The quantitative estimate of drug-likeness (QED) is 0.315. The number of phenolic OH excluding ortho intramolecular Hbond substituents is 1. The van der Waals surface area contributed by atoms with E-state index in [4.69, 9.17) is 9.15 Å². The molecule has 8 nitrogen and oxygen atoms in total. The average molecular weight is 499 g/mol. The lowest BCUT2D eigenvalue weighted by Gasteiger charge is -2.17. The lowest BCUT2D eigenvalue weighted by atomic mass is 10.1. The molecule has 0 atom stereocenters. The minimum absolute atomic E-state index is 0.137. The maximum atomic E-state index is 13.0. The summed E-state index contributed by atoms with van der Waals surface area (Å²) in [5.74, 6) is 1.61. The number of tetrazole rings is 1. The average Bonchev–Trinajstić information content (AvgIpc) is 3.33. The van der Waals surface area contributed by atoms with Gasteiger partial charge in [-0.3, -0.25) is 9.14 Å². The van der Waals surface area contributed by atoms with Crippen LogP contribution in [-0.4, -0.2) is 33.2 Å². The van der Waals surface area contributed by atoms with Gasteiger partial charge in [0.05, 0.1) is 10.9 Å². The Balaban J connectivity index is 1.32. The van der Waals surface area contributed by atoms with Crippen LogP contribution in [0.5, 0.6) is 11.5 Å². The van der Waals surface area contributed by atoms with Gasteiger partial charge in [0.2, 0.25) is 0 Å². The number of aromatic hydroxyl groups is 1. The molecule has 0 saturated heterocycles. The zero-order valence-corrected chi connectivity index (χ0v) is 21.3. The molecule has 9 heteroatoms. The highest BCUT2D eigenvalue weighted by molar-refractivity contribution is 6.74. The van der Waals surface area contributed by atoms with Crippen molar-refractivity contribution >= 4 is 19.2 Å². The number of phenols is 1. The smallest absolute Gasteiger partial charge is 0.200 e. The Kier molecular flexibility index (Phi) is 6.15. The Morgan fingerprint density at radius 2 is 1.78 bits per heavy atom. The molecule has 2 heterocycles. The van der Waals surface area contributed by atoms with Gasteiger partial charge in [-0.1, -0.05) is 41.6 Å². The third kappa shape index (κ3) is 4.92. The number of fused-ring (bicyclic) bond motifs is 1. The molecule has 0 aliphatic rings. The highest BCUT2D eigenvalue weighted by atomic mass is 28.3.